The van der Waals surface area contributed by atoms with Gasteiger partial charge in [-0.25, -0.2) is 9.97 Å². The van der Waals surface area contributed by atoms with E-state index in [4.69, 9.17) is 4.52 Å². The zero-order valence-electron chi connectivity index (χ0n) is 18.8. The molecule has 1 fully saturated rings. The predicted octanol–water partition coefficient (Wildman–Crippen LogP) is 3.56. The van der Waals surface area contributed by atoms with E-state index in [2.05, 4.69) is 30.7 Å². The lowest BCUT2D eigenvalue weighted by Gasteiger charge is -2.26. The molecule has 174 valence electrons. The number of nitrogens with one attached hydrogen (secondary N) is 2. The smallest absolute Gasteiger partial charge is 0.254 e. The molecule has 0 saturated heterocycles. The van der Waals surface area contributed by atoms with Gasteiger partial charge in [0.1, 0.15) is 6.04 Å². The lowest BCUT2D eigenvalue weighted by Crippen LogP contribution is -2.30. The molecule has 0 aliphatic heterocycles. The molecular weight excluding hydrogens is 432 g/mol. The molecule has 0 bridgehead atoms. The summed E-state index contributed by atoms with van der Waals surface area (Å²) >= 11 is 0. The molecule has 3 N–H and O–H groups in total. The van der Waals surface area contributed by atoms with Gasteiger partial charge in [-0.15, -0.1) is 0 Å². The molecule has 2 aromatic heterocycles. The molecule has 1 atom stereocenters. The van der Waals surface area contributed by atoms with Crippen molar-refractivity contribution >= 4 is 22.8 Å². The van der Waals surface area contributed by atoms with Crippen molar-refractivity contribution in [3.8, 4) is 0 Å². The van der Waals surface area contributed by atoms with Gasteiger partial charge in [-0.3, -0.25) is 4.79 Å². The molecule has 9 nitrogen and oxygen atoms in total. The minimum absolute atomic E-state index is 0.199. The van der Waals surface area contributed by atoms with Crippen LogP contribution in [-0.4, -0.2) is 43.3 Å². The van der Waals surface area contributed by atoms with Crippen molar-refractivity contribution in [2.75, 3.05) is 5.32 Å². The summed E-state index contributed by atoms with van der Waals surface area (Å²) < 4.78 is 5.39. The van der Waals surface area contributed by atoms with E-state index in [1.54, 1.807) is 19.2 Å². The lowest BCUT2D eigenvalue weighted by atomic mass is 9.93. The maximum Gasteiger partial charge on any atom is 0.254 e. The van der Waals surface area contributed by atoms with Crippen molar-refractivity contribution < 1.29 is 14.4 Å². The fourth-order valence-electron chi connectivity index (χ4n) is 4.28. The number of hydrogen-bond donors (Lipinski definition) is 3. The molecule has 9 heteroatoms. The van der Waals surface area contributed by atoms with Crippen LogP contribution in [0.25, 0.3) is 10.9 Å². The molecular formula is C25H26N6O3. The fraction of sp³-hybridized carbons (Fsp3) is 0.320. The van der Waals surface area contributed by atoms with Crippen LogP contribution >= 0.6 is 0 Å². The van der Waals surface area contributed by atoms with E-state index in [1.165, 1.54) is 0 Å². The van der Waals surface area contributed by atoms with Gasteiger partial charge < -0.3 is 20.3 Å². The summed E-state index contributed by atoms with van der Waals surface area (Å²) in [7, 11) is 0. The monoisotopic (exact) mass is 458 g/mol. The Morgan fingerprint density at radius 1 is 1.06 bits per heavy atom. The van der Waals surface area contributed by atoms with Gasteiger partial charge in [0.2, 0.25) is 5.95 Å². The van der Waals surface area contributed by atoms with Gasteiger partial charge in [0.15, 0.2) is 5.82 Å². The van der Waals surface area contributed by atoms with Crippen LogP contribution in [0.2, 0.25) is 0 Å². The molecule has 1 amide bonds. The zero-order valence-corrected chi connectivity index (χ0v) is 18.8. The van der Waals surface area contributed by atoms with Gasteiger partial charge in [-0.2, -0.15) is 4.98 Å². The van der Waals surface area contributed by atoms with Gasteiger partial charge in [0.05, 0.1) is 17.2 Å². The van der Waals surface area contributed by atoms with Crippen LogP contribution in [-0.2, 0) is 0 Å². The fourth-order valence-corrected chi connectivity index (χ4v) is 4.28. The maximum atomic E-state index is 13.5. The molecule has 1 saturated carbocycles. The average molecular weight is 459 g/mol. The maximum absolute atomic E-state index is 13.5. The highest BCUT2D eigenvalue weighted by molar-refractivity contribution is 6.05. The van der Waals surface area contributed by atoms with Crippen LogP contribution in [0.1, 0.15) is 59.4 Å². The summed E-state index contributed by atoms with van der Waals surface area (Å²) in [6, 6.07) is 14.5. The van der Waals surface area contributed by atoms with E-state index in [1.807, 2.05) is 42.5 Å². The third-order valence-corrected chi connectivity index (χ3v) is 6.08. The first-order valence-electron chi connectivity index (χ1n) is 11.4. The van der Waals surface area contributed by atoms with Crippen LogP contribution in [0.15, 0.2) is 59.3 Å². The summed E-state index contributed by atoms with van der Waals surface area (Å²) in [6.07, 6.45) is 4.71. The largest absolute Gasteiger partial charge is 0.393 e. The molecule has 1 aliphatic rings. The highest BCUT2D eigenvalue weighted by atomic mass is 16.5. The first-order valence-corrected chi connectivity index (χ1v) is 11.4. The Morgan fingerprint density at radius 2 is 1.85 bits per heavy atom. The van der Waals surface area contributed by atoms with E-state index in [-0.39, 0.29) is 18.1 Å². The summed E-state index contributed by atoms with van der Waals surface area (Å²) in [6.45, 7) is 1.74. The van der Waals surface area contributed by atoms with Gasteiger partial charge >= 0.3 is 0 Å². The second-order valence-electron chi connectivity index (χ2n) is 8.58. The number of amides is 1. The summed E-state index contributed by atoms with van der Waals surface area (Å²) in [4.78, 5) is 26.9. The first-order chi connectivity index (χ1) is 16.6. The number of aromatic nitrogens is 4. The van der Waals surface area contributed by atoms with Crippen molar-refractivity contribution in [3.05, 3.63) is 77.6 Å². The molecule has 1 aliphatic carbocycles. The Balaban J connectivity index is 1.43. The average Bonchev–Trinajstić information content (AvgIpc) is 3.30. The second-order valence-corrected chi connectivity index (χ2v) is 8.58. The molecule has 0 radical (unpaired) electrons. The number of aliphatic hydroxyl groups is 1. The van der Waals surface area contributed by atoms with Crippen molar-refractivity contribution in [1.82, 2.24) is 25.4 Å². The van der Waals surface area contributed by atoms with Crippen LogP contribution in [0.5, 0.6) is 0 Å². The van der Waals surface area contributed by atoms with E-state index in [0.29, 0.717) is 28.7 Å². The quantitative estimate of drug-likeness (QED) is 0.400. The Morgan fingerprint density at radius 3 is 2.59 bits per heavy atom. The summed E-state index contributed by atoms with van der Waals surface area (Å²) in [5.74, 6) is 0.977. The molecule has 2 heterocycles. The summed E-state index contributed by atoms with van der Waals surface area (Å²) in [5, 5.41) is 20.8. The first kappa shape index (κ1) is 22.0. The molecule has 1 unspecified atom stereocenters. The van der Waals surface area contributed by atoms with E-state index in [0.717, 1.165) is 36.6 Å². The Labute approximate surface area is 196 Å². The number of fused-ring (bicyclic) bond motifs is 1. The van der Waals surface area contributed by atoms with Crippen LogP contribution in [0.4, 0.5) is 5.95 Å². The highest BCUT2D eigenvalue weighted by Crippen LogP contribution is 2.25. The van der Waals surface area contributed by atoms with Crippen molar-refractivity contribution in [1.29, 1.82) is 0 Å². The number of nitrogens with zero attached hydrogens (tertiary/aromatic N) is 4. The minimum atomic E-state index is -0.599. The van der Waals surface area contributed by atoms with Crippen LogP contribution in [0.3, 0.4) is 0 Å². The number of carbonyl (C=O) groups excluding carboxylic acids is 1. The number of carbonyl (C=O) groups is 1. The number of anilines is 1. The minimum Gasteiger partial charge on any atom is -0.393 e. The second kappa shape index (κ2) is 9.56. The Bertz CT molecular complexity index is 1280. The third-order valence-electron chi connectivity index (χ3n) is 6.08. The highest BCUT2D eigenvalue weighted by Gasteiger charge is 2.25. The van der Waals surface area contributed by atoms with E-state index >= 15 is 0 Å². The number of hydrogen-bond acceptors (Lipinski definition) is 8. The standard InChI is InChI=1S/C25H26N6O3/c1-15-27-24(34-31-15)22(16-6-3-2-4-7-16)29-23(33)20-9-5-8-17-14-26-25(30-21(17)20)28-18-10-12-19(32)13-11-18/h2-9,14,18-19,22,32H,10-13H2,1H3,(H,29,33)(H,26,28,30). The number of aryl methyl sites for hydroxylation is 1. The van der Waals surface area contributed by atoms with Gasteiger partial charge in [0.25, 0.3) is 11.8 Å². The lowest BCUT2D eigenvalue weighted by molar-refractivity contribution is 0.0938. The molecule has 2 aromatic carbocycles. The van der Waals surface area contributed by atoms with Crippen LogP contribution in [0, 0.1) is 6.92 Å². The van der Waals surface area contributed by atoms with Crippen molar-refractivity contribution in [2.24, 2.45) is 0 Å². The Kier molecular flexibility index (Phi) is 6.18. The van der Waals surface area contributed by atoms with Gasteiger partial charge in [0, 0.05) is 17.6 Å². The molecule has 4 aromatic rings. The zero-order chi connectivity index (χ0) is 23.5. The number of para-hydroxylation sites is 1. The normalized spacial score (nSPS) is 19.0. The Hall–Kier alpha value is -3.85. The molecule has 5 rings (SSSR count). The summed E-state index contributed by atoms with van der Waals surface area (Å²) in [5.41, 5.74) is 1.82. The van der Waals surface area contributed by atoms with Gasteiger partial charge in [-0.05, 0) is 44.2 Å². The van der Waals surface area contributed by atoms with Crippen LogP contribution < -0.4 is 10.6 Å². The van der Waals surface area contributed by atoms with E-state index < -0.39 is 6.04 Å². The molecule has 34 heavy (non-hydrogen) atoms. The number of aliphatic hydroxyl groups excluding tert-OH is 1. The van der Waals surface area contributed by atoms with Gasteiger partial charge in [-0.1, -0.05) is 47.6 Å². The SMILES string of the molecule is Cc1noc(C(NC(=O)c2cccc3cnc(NC4CCC(O)CC4)nc23)c2ccccc2)n1. The van der Waals surface area contributed by atoms with Crippen molar-refractivity contribution in [3.63, 3.8) is 0 Å². The molecule has 0 spiro atoms. The predicted molar refractivity (Wildman–Crippen MR) is 126 cm³/mol. The van der Waals surface area contributed by atoms with Crippen molar-refractivity contribution in [2.45, 2.75) is 50.8 Å². The topological polar surface area (TPSA) is 126 Å². The number of rotatable bonds is 6. The van der Waals surface area contributed by atoms with E-state index in [9.17, 15) is 9.90 Å². The third kappa shape index (κ3) is 4.74. The number of benzene rings is 2.